The number of aliphatic hydroxyl groups is 1. The van der Waals surface area contributed by atoms with Crippen LogP contribution in [0.15, 0.2) is 41.0 Å². The molecule has 7 heteroatoms. The smallest absolute Gasteiger partial charge is 0.416 e. The number of amides is 1. The maximum absolute atomic E-state index is 12.9. The molecule has 1 saturated heterocycles. The van der Waals surface area contributed by atoms with Gasteiger partial charge in [-0.05, 0) is 37.1 Å². The largest absolute Gasteiger partial charge is 0.469 e. The fourth-order valence-electron chi connectivity index (χ4n) is 3.00. The summed E-state index contributed by atoms with van der Waals surface area (Å²) in [7, 11) is 0. The summed E-state index contributed by atoms with van der Waals surface area (Å²) in [6.07, 6.45) is -3.72. The number of hydrogen-bond donors (Lipinski definition) is 1. The molecule has 2 aromatic rings. The Morgan fingerprint density at radius 1 is 1.33 bits per heavy atom. The van der Waals surface area contributed by atoms with Gasteiger partial charge in [0.15, 0.2) is 0 Å². The second-order valence-electron chi connectivity index (χ2n) is 5.93. The standard InChI is InChI=1S/C17H16F3NO3/c1-10-5-12(9-24-10)16(23)21-8-14(22)7-15(21)11-3-2-4-13(6-11)17(18,19)20/h2-6,9,14-15,22H,7-8H2,1H3/t14-,15-/m1/s1. The molecule has 0 bridgehead atoms. The third-order valence-corrected chi connectivity index (χ3v) is 4.12. The van der Waals surface area contributed by atoms with Crippen LogP contribution in [0.3, 0.4) is 0 Å². The molecular formula is C17H16F3NO3. The van der Waals surface area contributed by atoms with E-state index >= 15 is 0 Å². The van der Waals surface area contributed by atoms with E-state index in [1.807, 2.05) is 0 Å². The number of alkyl halides is 3. The van der Waals surface area contributed by atoms with Gasteiger partial charge in [0.25, 0.3) is 5.91 Å². The molecule has 4 nitrogen and oxygen atoms in total. The molecule has 1 aromatic heterocycles. The molecular weight excluding hydrogens is 323 g/mol. The van der Waals surface area contributed by atoms with Crippen molar-refractivity contribution in [2.75, 3.05) is 6.54 Å². The second-order valence-corrected chi connectivity index (χ2v) is 5.93. The van der Waals surface area contributed by atoms with Crippen LogP contribution < -0.4 is 0 Å². The second kappa shape index (κ2) is 5.98. The minimum atomic E-state index is -4.45. The van der Waals surface area contributed by atoms with Crippen LogP contribution in [-0.4, -0.2) is 28.6 Å². The summed E-state index contributed by atoms with van der Waals surface area (Å²) in [5.41, 5.74) is -0.0959. The number of carbonyl (C=O) groups is 1. The van der Waals surface area contributed by atoms with Gasteiger partial charge in [-0.15, -0.1) is 0 Å². The molecule has 1 N–H and O–H groups in total. The number of carbonyl (C=O) groups excluding carboxylic acids is 1. The van der Waals surface area contributed by atoms with E-state index in [1.165, 1.54) is 17.2 Å². The number of furan rings is 1. The van der Waals surface area contributed by atoms with E-state index in [-0.39, 0.29) is 18.9 Å². The van der Waals surface area contributed by atoms with Crippen molar-refractivity contribution >= 4 is 5.91 Å². The summed E-state index contributed by atoms with van der Waals surface area (Å²) < 4.78 is 43.9. The van der Waals surface area contributed by atoms with Crippen molar-refractivity contribution in [2.24, 2.45) is 0 Å². The molecule has 0 aliphatic carbocycles. The van der Waals surface area contributed by atoms with Gasteiger partial charge in [-0.2, -0.15) is 13.2 Å². The molecule has 1 amide bonds. The van der Waals surface area contributed by atoms with Gasteiger partial charge in [-0.1, -0.05) is 12.1 Å². The number of aliphatic hydroxyl groups excluding tert-OH is 1. The van der Waals surface area contributed by atoms with Crippen LogP contribution in [0.25, 0.3) is 0 Å². The first-order valence-electron chi connectivity index (χ1n) is 7.47. The lowest BCUT2D eigenvalue weighted by molar-refractivity contribution is -0.137. The summed E-state index contributed by atoms with van der Waals surface area (Å²) in [6, 6.07) is 5.83. The molecule has 2 atom stereocenters. The average molecular weight is 339 g/mol. The van der Waals surface area contributed by atoms with E-state index in [4.69, 9.17) is 4.42 Å². The monoisotopic (exact) mass is 339 g/mol. The number of rotatable bonds is 2. The lowest BCUT2D eigenvalue weighted by Gasteiger charge is -2.25. The summed E-state index contributed by atoms with van der Waals surface area (Å²) >= 11 is 0. The van der Waals surface area contributed by atoms with E-state index in [2.05, 4.69) is 0 Å². The lowest BCUT2D eigenvalue weighted by atomic mass is 10.0. The third kappa shape index (κ3) is 3.17. The van der Waals surface area contributed by atoms with Gasteiger partial charge in [-0.25, -0.2) is 0 Å². The topological polar surface area (TPSA) is 53.7 Å². The van der Waals surface area contributed by atoms with Crippen molar-refractivity contribution in [1.29, 1.82) is 0 Å². The molecule has 0 saturated carbocycles. The average Bonchev–Trinajstić information content (AvgIpc) is 3.12. The number of nitrogens with zero attached hydrogens (tertiary/aromatic N) is 1. The van der Waals surface area contributed by atoms with E-state index in [1.54, 1.807) is 19.1 Å². The highest BCUT2D eigenvalue weighted by Gasteiger charge is 2.37. The zero-order valence-corrected chi connectivity index (χ0v) is 12.9. The molecule has 1 aliphatic rings. The number of halogens is 3. The highest BCUT2D eigenvalue weighted by atomic mass is 19.4. The van der Waals surface area contributed by atoms with E-state index < -0.39 is 23.9 Å². The van der Waals surface area contributed by atoms with Crippen molar-refractivity contribution in [3.8, 4) is 0 Å². The van der Waals surface area contributed by atoms with Crippen molar-refractivity contribution in [3.05, 3.63) is 59.0 Å². The molecule has 24 heavy (non-hydrogen) atoms. The van der Waals surface area contributed by atoms with E-state index in [0.29, 0.717) is 16.9 Å². The van der Waals surface area contributed by atoms with Gasteiger partial charge in [0.1, 0.15) is 12.0 Å². The Morgan fingerprint density at radius 2 is 2.08 bits per heavy atom. The predicted octanol–water partition coefficient (Wildman–Crippen LogP) is 3.55. The first kappa shape index (κ1) is 16.6. The zero-order chi connectivity index (χ0) is 17.5. The minimum absolute atomic E-state index is 0.0734. The highest BCUT2D eigenvalue weighted by Crippen LogP contribution is 2.37. The minimum Gasteiger partial charge on any atom is -0.469 e. The fourth-order valence-corrected chi connectivity index (χ4v) is 3.00. The summed E-state index contributed by atoms with van der Waals surface area (Å²) in [5, 5.41) is 9.92. The van der Waals surface area contributed by atoms with Crippen LogP contribution in [-0.2, 0) is 6.18 Å². The fraction of sp³-hybridized carbons (Fsp3) is 0.353. The molecule has 0 unspecified atom stereocenters. The zero-order valence-electron chi connectivity index (χ0n) is 12.9. The molecule has 2 heterocycles. The molecule has 1 aromatic carbocycles. The van der Waals surface area contributed by atoms with Gasteiger partial charge < -0.3 is 14.4 Å². The van der Waals surface area contributed by atoms with E-state index in [0.717, 1.165) is 12.1 Å². The Balaban J connectivity index is 1.92. The third-order valence-electron chi connectivity index (χ3n) is 4.12. The number of likely N-dealkylation sites (tertiary alicyclic amines) is 1. The van der Waals surface area contributed by atoms with Gasteiger partial charge in [-0.3, -0.25) is 4.79 Å². The van der Waals surface area contributed by atoms with Crippen LogP contribution >= 0.6 is 0 Å². The van der Waals surface area contributed by atoms with Crippen molar-refractivity contribution in [1.82, 2.24) is 4.90 Å². The van der Waals surface area contributed by atoms with Crippen LogP contribution in [0.2, 0.25) is 0 Å². The Morgan fingerprint density at radius 3 is 2.71 bits per heavy atom. The van der Waals surface area contributed by atoms with E-state index in [9.17, 15) is 23.1 Å². The molecule has 1 fully saturated rings. The predicted molar refractivity (Wildman–Crippen MR) is 79.3 cm³/mol. The van der Waals surface area contributed by atoms with Crippen LogP contribution in [0.4, 0.5) is 13.2 Å². The maximum atomic E-state index is 12.9. The highest BCUT2D eigenvalue weighted by molar-refractivity contribution is 5.94. The van der Waals surface area contributed by atoms with Crippen LogP contribution in [0.5, 0.6) is 0 Å². The molecule has 0 radical (unpaired) electrons. The first-order valence-corrected chi connectivity index (χ1v) is 7.47. The summed E-state index contributed by atoms with van der Waals surface area (Å²) in [6.45, 7) is 1.77. The first-order chi connectivity index (χ1) is 11.3. The maximum Gasteiger partial charge on any atom is 0.416 e. The quantitative estimate of drug-likeness (QED) is 0.910. The Kier molecular flexibility index (Phi) is 4.13. The van der Waals surface area contributed by atoms with Crippen LogP contribution in [0.1, 0.15) is 39.7 Å². The number of hydrogen-bond acceptors (Lipinski definition) is 3. The number of β-amino-alcohol motifs (C(OH)–C–C–N with tert-alkyl or cyclic N) is 1. The van der Waals surface area contributed by atoms with Gasteiger partial charge in [0, 0.05) is 6.54 Å². The summed E-state index contributed by atoms with van der Waals surface area (Å²) in [4.78, 5) is 14.0. The lowest BCUT2D eigenvalue weighted by Crippen LogP contribution is -2.31. The van der Waals surface area contributed by atoms with Crippen LogP contribution in [0, 0.1) is 6.92 Å². The Labute approximate surface area is 136 Å². The van der Waals surface area contributed by atoms with Crippen molar-refractivity contribution in [2.45, 2.75) is 31.7 Å². The Hall–Kier alpha value is -2.28. The molecule has 128 valence electrons. The Bertz CT molecular complexity index is 754. The SMILES string of the molecule is Cc1cc(C(=O)N2C[C@H](O)C[C@@H]2c2cccc(C(F)(F)F)c2)co1. The molecule has 0 spiro atoms. The normalized spacial score (nSPS) is 21.3. The van der Waals surface area contributed by atoms with Crippen molar-refractivity contribution in [3.63, 3.8) is 0 Å². The van der Waals surface area contributed by atoms with Gasteiger partial charge in [0.2, 0.25) is 0 Å². The van der Waals surface area contributed by atoms with Gasteiger partial charge >= 0.3 is 6.18 Å². The molecule has 1 aliphatic heterocycles. The van der Waals surface area contributed by atoms with Crippen molar-refractivity contribution < 1.29 is 27.5 Å². The molecule has 3 rings (SSSR count). The summed E-state index contributed by atoms with van der Waals surface area (Å²) in [5.74, 6) is 0.194. The van der Waals surface area contributed by atoms with Gasteiger partial charge in [0.05, 0.1) is 23.3 Å². The number of aryl methyl sites for hydroxylation is 1. The number of benzene rings is 1.